The summed E-state index contributed by atoms with van der Waals surface area (Å²) in [5.41, 5.74) is 11.9. The van der Waals surface area contributed by atoms with E-state index in [1.54, 1.807) is 0 Å². The quantitative estimate of drug-likeness (QED) is 0.260. The van der Waals surface area contributed by atoms with Crippen molar-refractivity contribution in [3.8, 4) is 0 Å². The van der Waals surface area contributed by atoms with Gasteiger partial charge in [0.15, 0.2) is 17.7 Å². The molecule has 0 aromatic carbocycles. The Morgan fingerprint density at radius 2 is 2.07 bits per heavy atom. The van der Waals surface area contributed by atoms with Crippen LogP contribution < -0.4 is 11.5 Å². The van der Waals surface area contributed by atoms with Crippen LogP contribution in [0.1, 0.15) is 12.6 Å². The maximum Gasteiger partial charge on any atom is 0.320 e. The van der Waals surface area contributed by atoms with Gasteiger partial charge in [0.2, 0.25) is 0 Å². The van der Waals surface area contributed by atoms with Gasteiger partial charge < -0.3 is 31.5 Å². The van der Waals surface area contributed by atoms with Gasteiger partial charge in [-0.25, -0.2) is 15.0 Å². The van der Waals surface area contributed by atoms with Crippen molar-refractivity contribution >= 4 is 32.9 Å². The number of aliphatic hydroxyl groups is 2. The molecule has 3 heterocycles. The molecule has 0 unspecified atom stereocenters. The minimum atomic E-state index is -2.87. The summed E-state index contributed by atoms with van der Waals surface area (Å²) in [5.74, 6) is -0.939. The SMILES string of the molecule is C[SH](=O)(CC[C@@H](N)C(=O)O)C[C@H]1O[C@@H](n2cnc3c(N)ncnc32)[C@H](O)[C@@H]1O. The molecular formula is C15H24N6O6S. The molecule has 1 aliphatic rings. The third-order valence-corrected chi connectivity index (χ3v) is 7.13. The molecule has 0 saturated carbocycles. The fraction of sp³-hybridized carbons (Fsp3) is 0.600. The molecule has 3 rings (SSSR count). The first-order chi connectivity index (χ1) is 13.1. The fourth-order valence-electron chi connectivity index (χ4n) is 3.17. The molecule has 12 nitrogen and oxygen atoms in total. The Labute approximate surface area is 161 Å². The van der Waals surface area contributed by atoms with Crippen molar-refractivity contribution < 1.29 is 29.1 Å². The summed E-state index contributed by atoms with van der Waals surface area (Å²) < 4.78 is 20.0. The lowest BCUT2D eigenvalue weighted by molar-refractivity contribution is -0.138. The average molecular weight is 416 g/mol. The number of ether oxygens (including phenoxy) is 1. The Hall–Kier alpha value is -2.19. The highest BCUT2D eigenvalue weighted by atomic mass is 32.2. The van der Waals surface area contributed by atoms with Crippen LogP contribution in [-0.4, -0.2) is 87.1 Å². The predicted octanol–water partition coefficient (Wildman–Crippen LogP) is -2.52. The summed E-state index contributed by atoms with van der Waals surface area (Å²) >= 11 is 0. The monoisotopic (exact) mass is 416 g/mol. The molecule has 0 radical (unpaired) electrons. The number of thiol groups is 1. The summed E-state index contributed by atoms with van der Waals surface area (Å²) in [6.07, 6.45) is -0.345. The van der Waals surface area contributed by atoms with E-state index < -0.39 is 46.5 Å². The Morgan fingerprint density at radius 1 is 1.36 bits per heavy atom. The van der Waals surface area contributed by atoms with Crippen LogP contribution in [0.25, 0.3) is 11.2 Å². The second-order valence-corrected chi connectivity index (χ2v) is 10.5. The molecule has 1 aliphatic heterocycles. The summed E-state index contributed by atoms with van der Waals surface area (Å²) in [7, 11) is -2.87. The highest BCUT2D eigenvalue weighted by Gasteiger charge is 2.45. The summed E-state index contributed by atoms with van der Waals surface area (Å²) in [6.45, 7) is 0. The van der Waals surface area contributed by atoms with Crippen LogP contribution in [-0.2, 0) is 19.5 Å². The van der Waals surface area contributed by atoms with E-state index in [2.05, 4.69) is 15.0 Å². The van der Waals surface area contributed by atoms with Crippen molar-refractivity contribution in [1.29, 1.82) is 0 Å². The number of fused-ring (bicyclic) bond motifs is 1. The van der Waals surface area contributed by atoms with Gasteiger partial charge in [-0.3, -0.25) is 13.6 Å². The number of aliphatic hydroxyl groups excluding tert-OH is 2. The number of imidazole rings is 1. The third kappa shape index (κ3) is 3.98. The molecule has 7 N–H and O–H groups in total. The van der Waals surface area contributed by atoms with E-state index in [9.17, 15) is 19.2 Å². The topological polar surface area (TPSA) is 200 Å². The first-order valence-corrected chi connectivity index (χ1v) is 11.1. The number of rotatable bonds is 7. The van der Waals surface area contributed by atoms with Crippen molar-refractivity contribution in [2.45, 2.75) is 37.0 Å². The van der Waals surface area contributed by atoms with Crippen LogP contribution in [0.4, 0.5) is 5.82 Å². The maximum atomic E-state index is 12.8. The second-order valence-electron chi connectivity index (χ2n) is 7.07. The molecule has 156 valence electrons. The zero-order chi connectivity index (χ0) is 20.6. The molecule has 0 spiro atoms. The molecule has 5 atom stereocenters. The molecule has 0 aliphatic carbocycles. The number of nitrogens with zero attached hydrogens (tertiary/aromatic N) is 4. The van der Waals surface area contributed by atoms with E-state index in [1.165, 1.54) is 23.5 Å². The zero-order valence-electron chi connectivity index (χ0n) is 15.1. The predicted molar refractivity (Wildman–Crippen MR) is 101 cm³/mol. The molecule has 0 bridgehead atoms. The van der Waals surface area contributed by atoms with Gasteiger partial charge in [-0.15, -0.1) is 9.93 Å². The lowest BCUT2D eigenvalue weighted by atomic mass is 10.1. The number of aromatic nitrogens is 4. The van der Waals surface area contributed by atoms with E-state index in [0.717, 1.165) is 0 Å². The number of carboxylic acids is 1. The molecule has 1 saturated heterocycles. The van der Waals surface area contributed by atoms with E-state index in [1.807, 2.05) is 0 Å². The Bertz CT molecular complexity index is 922. The normalized spacial score (nSPS) is 27.1. The van der Waals surface area contributed by atoms with E-state index in [0.29, 0.717) is 11.2 Å². The smallest absolute Gasteiger partial charge is 0.320 e. The molecule has 28 heavy (non-hydrogen) atoms. The highest BCUT2D eigenvalue weighted by molar-refractivity contribution is 8.02. The molecule has 13 heteroatoms. The van der Waals surface area contributed by atoms with Gasteiger partial charge in [-0.05, 0) is 12.7 Å². The third-order valence-electron chi connectivity index (χ3n) is 4.79. The summed E-state index contributed by atoms with van der Waals surface area (Å²) in [4.78, 5) is 22.8. The van der Waals surface area contributed by atoms with Crippen molar-refractivity contribution in [2.75, 3.05) is 23.5 Å². The number of aliphatic carboxylic acids is 1. The van der Waals surface area contributed by atoms with Crippen molar-refractivity contribution in [3.05, 3.63) is 12.7 Å². The Kier molecular flexibility index (Phi) is 5.63. The van der Waals surface area contributed by atoms with Crippen LogP contribution in [0, 0.1) is 0 Å². The van der Waals surface area contributed by atoms with Crippen LogP contribution >= 0.6 is 0 Å². The number of nitrogens with two attached hydrogens (primary N) is 2. The van der Waals surface area contributed by atoms with Crippen LogP contribution in [0.2, 0.25) is 0 Å². The molecule has 2 aromatic rings. The van der Waals surface area contributed by atoms with E-state index in [4.69, 9.17) is 21.3 Å². The van der Waals surface area contributed by atoms with Crippen LogP contribution in [0.3, 0.4) is 0 Å². The van der Waals surface area contributed by atoms with Gasteiger partial charge in [0.1, 0.15) is 30.1 Å². The van der Waals surface area contributed by atoms with E-state index >= 15 is 0 Å². The highest BCUT2D eigenvalue weighted by Crippen LogP contribution is 2.33. The Morgan fingerprint density at radius 3 is 2.75 bits per heavy atom. The fourth-order valence-corrected chi connectivity index (χ4v) is 5.24. The summed E-state index contributed by atoms with van der Waals surface area (Å²) in [6, 6.07) is -1.11. The van der Waals surface area contributed by atoms with E-state index in [-0.39, 0.29) is 23.7 Å². The van der Waals surface area contributed by atoms with Gasteiger partial charge in [-0.1, -0.05) is 0 Å². The minimum Gasteiger partial charge on any atom is -0.480 e. The average Bonchev–Trinajstić information content (AvgIpc) is 3.17. The van der Waals surface area contributed by atoms with Gasteiger partial charge in [0, 0.05) is 11.5 Å². The number of carboxylic acid groups (broad SMARTS) is 1. The number of anilines is 1. The van der Waals surface area contributed by atoms with Gasteiger partial charge in [0.05, 0.1) is 12.4 Å². The second kappa shape index (κ2) is 7.67. The zero-order valence-corrected chi connectivity index (χ0v) is 16.0. The standard InChI is InChI=1S/C15H24N6O6S/c1-28(26,3-2-7(16)15(24)25)4-8-10(22)11(23)14(27-8)21-6-20-9-12(17)18-5-19-13(9)21/h5-8,10-11,14,22-23,28H,2-4,16H2,1H3,(H,24,25)(H2,17,18,19)/t7-,8-,10-,11-,14-/m1/s1. The first-order valence-electron chi connectivity index (χ1n) is 8.59. The minimum absolute atomic E-state index is 0.0299. The van der Waals surface area contributed by atoms with Gasteiger partial charge >= 0.3 is 5.97 Å². The Balaban J connectivity index is 1.74. The number of carbonyl (C=O) groups is 1. The molecule has 2 aromatic heterocycles. The lowest BCUT2D eigenvalue weighted by Crippen LogP contribution is -2.39. The van der Waals surface area contributed by atoms with Crippen LogP contribution in [0.15, 0.2) is 12.7 Å². The number of hydrogen-bond donors (Lipinski definition) is 6. The lowest BCUT2D eigenvalue weighted by Gasteiger charge is -2.24. The number of nitrogen functional groups attached to an aromatic ring is 1. The van der Waals surface area contributed by atoms with Crippen molar-refractivity contribution in [3.63, 3.8) is 0 Å². The molecular weight excluding hydrogens is 392 g/mol. The molecule has 0 amide bonds. The van der Waals surface area contributed by atoms with Crippen molar-refractivity contribution in [2.24, 2.45) is 5.73 Å². The summed E-state index contributed by atoms with van der Waals surface area (Å²) in [5, 5.41) is 29.7. The van der Waals surface area contributed by atoms with Gasteiger partial charge in [0.25, 0.3) is 0 Å². The number of hydrogen-bond acceptors (Lipinski definition) is 10. The largest absolute Gasteiger partial charge is 0.480 e. The van der Waals surface area contributed by atoms with Gasteiger partial charge in [-0.2, -0.15) is 0 Å². The first kappa shape index (κ1) is 20.5. The van der Waals surface area contributed by atoms with Crippen molar-refractivity contribution in [1.82, 2.24) is 19.5 Å². The van der Waals surface area contributed by atoms with Crippen LogP contribution in [0.5, 0.6) is 0 Å². The molecule has 1 fully saturated rings. The maximum absolute atomic E-state index is 12.8.